The van der Waals surface area contributed by atoms with Crippen LogP contribution in [0.3, 0.4) is 0 Å². The van der Waals surface area contributed by atoms with Gasteiger partial charge in [0.1, 0.15) is 6.54 Å². The van der Waals surface area contributed by atoms with E-state index >= 15 is 0 Å². The van der Waals surface area contributed by atoms with Crippen molar-refractivity contribution < 1.29 is 24.4 Å². The number of para-hydroxylation sites is 2. The Morgan fingerprint density at radius 2 is 1.38 bits per heavy atom. The van der Waals surface area contributed by atoms with Crippen molar-refractivity contribution in [3.8, 4) is 0 Å². The Labute approximate surface area is 234 Å². The van der Waals surface area contributed by atoms with Crippen molar-refractivity contribution in [2.45, 2.75) is 79.1 Å². The van der Waals surface area contributed by atoms with Gasteiger partial charge in [-0.3, -0.25) is 9.59 Å². The first-order valence-electron chi connectivity index (χ1n) is 14.0. The van der Waals surface area contributed by atoms with Gasteiger partial charge in [0.15, 0.2) is 5.71 Å². The summed E-state index contributed by atoms with van der Waals surface area (Å²) in [6.07, 6.45) is 11.8. The van der Waals surface area contributed by atoms with Crippen LogP contribution >= 0.6 is 0 Å². The number of hydrogen-bond donors (Lipinski definition) is 2. The van der Waals surface area contributed by atoms with Crippen molar-refractivity contribution in [2.75, 3.05) is 18.0 Å². The van der Waals surface area contributed by atoms with Crippen molar-refractivity contribution in [2.24, 2.45) is 0 Å². The third kappa shape index (κ3) is 11.3. The number of rotatable bonds is 17. The zero-order chi connectivity index (χ0) is 28.6. The highest BCUT2D eigenvalue weighted by molar-refractivity contribution is 5.89. The zero-order valence-electron chi connectivity index (χ0n) is 24.0. The van der Waals surface area contributed by atoms with E-state index in [2.05, 4.69) is 91.8 Å². The van der Waals surface area contributed by atoms with Crippen molar-refractivity contribution >= 4 is 29.0 Å². The van der Waals surface area contributed by atoms with Gasteiger partial charge in [-0.05, 0) is 64.2 Å². The number of allylic oxidation sites excluding steroid dienone is 4. The quantitative estimate of drug-likeness (QED) is 0.0944. The van der Waals surface area contributed by atoms with E-state index in [4.69, 9.17) is 10.2 Å². The fourth-order valence-electron chi connectivity index (χ4n) is 4.66. The van der Waals surface area contributed by atoms with E-state index in [1.807, 2.05) is 12.1 Å². The van der Waals surface area contributed by atoms with Crippen LogP contribution in [0.1, 0.15) is 76.3 Å². The fraction of sp³-hybridized carbons (Fsp3) is 0.424. The minimum absolute atomic E-state index is 0.216. The minimum atomic E-state index is -0.737. The molecule has 39 heavy (non-hydrogen) atoms. The Balaban J connectivity index is 2.23. The second-order valence-electron chi connectivity index (χ2n) is 10.1. The van der Waals surface area contributed by atoms with E-state index in [1.165, 1.54) is 22.5 Å². The molecule has 0 bridgehead atoms. The molecule has 0 fully saturated rings. The molecule has 0 unspecified atom stereocenters. The molecule has 0 aliphatic heterocycles. The topological polar surface area (TPSA) is 80.9 Å². The highest BCUT2D eigenvalue weighted by Gasteiger charge is 2.15. The number of anilines is 1. The highest BCUT2D eigenvalue weighted by Crippen LogP contribution is 2.24. The highest BCUT2D eigenvalue weighted by atomic mass is 16.4. The van der Waals surface area contributed by atoms with Gasteiger partial charge in [0.25, 0.3) is 0 Å². The van der Waals surface area contributed by atoms with E-state index in [9.17, 15) is 9.59 Å². The Hall–Kier alpha value is -3.67. The van der Waals surface area contributed by atoms with Gasteiger partial charge < -0.3 is 15.1 Å². The number of hydrogen-bond acceptors (Lipinski definition) is 3. The molecule has 0 spiro atoms. The maximum absolute atomic E-state index is 10.9. The number of carboxylic acids is 2. The molecule has 6 nitrogen and oxygen atoms in total. The van der Waals surface area contributed by atoms with E-state index in [-0.39, 0.29) is 12.8 Å². The van der Waals surface area contributed by atoms with Crippen LogP contribution in [0.5, 0.6) is 0 Å². The van der Waals surface area contributed by atoms with E-state index in [0.717, 1.165) is 50.2 Å². The van der Waals surface area contributed by atoms with E-state index in [1.54, 1.807) is 0 Å². The largest absolute Gasteiger partial charge is 0.481 e. The predicted octanol–water partition coefficient (Wildman–Crippen LogP) is 7.66. The Morgan fingerprint density at radius 3 is 2.00 bits per heavy atom. The number of aliphatic carboxylic acids is 2. The molecule has 0 saturated heterocycles. The number of unbranched alkanes of at least 4 members (excludes halogenated alkanes) is 4. The number of aryl methyl sites for hydroxylation is 2. The Bertz CT molecular complexity index is 1180. The molecule has 2 rings (SSSR count). The molecular formula is C33H45N2O4+. The average molecular weight is 534 g/mol. The number of nitrogens with zero attached hydrogens (tertiary/aromatic N) is 2. The molecule has 0 aromatic heterocycles. The normalized spacial score (nSPS) is 12.5. The zero-order valence-corrected chi connectivity index (χ0v) is 24.0. The van der Waals surface area contributed by atoms with Gasteiger partial charge in [-0.25, -0.2) is 0 Å². The van der Waals surface area contributed by atoms with Gasteiger partial charge in [-0.1, -0.05) is 48.9 Å². The third-order valence-electron chi connectivity index (χ3n) is 6.88. The lowest BCUT2D eigenvalue weighted by molar-refractivity contribution is -0.441. The molecule has 2 aromatic rings. The first kappa shape index (κ1) is 31.5. The summed E-state index contributed by atoms with van der Waals surface area (Å²) >= 11 is 0. The Kier molecular flexibility index (Phi) is 13.8. The van der Waals surface area contributed by atoms with Crippen LogP contribution in [0.2, 0.25) is 0 Å². The van der Waals surface area contributed by atoms with Gasteiger partial charge >= 0.3 is 11.9 Å². The second-order valence-corrected chi connectivity index (χ2v) is 10.1. The summed E-state index contributed by atoms with van der Waals surface area (Å²) in [5.74, 6) is -1.47. The van der Waals surface area contributed by atoms with Gasteiger partial charge in [-0.15, -0.1) is 0 Å². The van der Waals surface area contributed by atoms with Crippen LogP contribution < -0.4 is 4.90 Å². The molecule has 210 valence electrons. The van der Waals surface area contributed by atoms with Crippen LogP contribution in [-0.2, 0) is 9.59 Å². The van der Waals surface area contributed by atoms with Crippen LogP contribution in [0.25, 0.3) is 0 Å². The summed E-state index contributed by atoms with van der Waals surface area (Å²) in [6.45, 7) is 10.1. The number of carbonyl (C=O) groups is 2. The average Bonchev–Trinajstić information content (AvgIpc) is 2.89. The van der Waals surface area contributed by atoms with Gasteiger partial charge in [-0.2, -0.15) is 4.58 Å². The number of carboxylic acid groups (broad SMARTS) is 2. The minimum Gasteiger partial charge on any atom is -0.481 e. The predicted molar refractivity (Wildman–Crippen MR) is 160 cm³/mol. The Morgan fingerprint density at radius 1 is 0.795 bits per heavy atom. The van der Waals surface area contributed by atoms with Gasteiger partial charge in [0, 0.05) is 61.8 Å². The first-order chi connectivity index (χ1) is 18.7. The smallest absolute Gasteiger partial charge is 0.303 e. The summed E-state index contributed by atoms with van der Waals surface area (Å²) in [6, 6.07) is 16.7. The number of benzene rings is 2. The third-order valence-corrected chi connectivity index (χ3v) is 6.88. The van der Waals surface area contributed by atoms with Crippen molar-refractivity contribution in [3.63, 3.8) is 0 Å². The lowest BCUT2D eigenvalue weighted by Crippen LogP contribution is -2.23. The van der Waals surface area contributed by atoms with Crippen molar-refractivity contribution in [1.29, 1.82) is 0 Å². The molecule has 0 aliphatic rings. The van der Waals surface area contributed by atoms with Crippen LogP contribution in [0, 0.1) is 13.8 Å². The first-order valence-corrected chi connectivity index (χ1v) is 14.0. The van der Waals surface area contributed by atoms with Crippen molar-refractivity contribution in [1.82, 2.24) is 0 Å². The monoisotopic (exact) mass is 533 g/mol. The summed E-state index contributed by atoms with van der Waals surface area (Å²) in [5, 5.41) is 17.9. The van der Waals surface area contributed by atoms with Gasteiger partial charge in [0.05, 0.1) is 0 Å². The lowest BCUT2D eigenvalue weighted by atomic mass is 10.1. The van der Waals surface area contributed by atoms with Crippen LogP contribution in [0.4, 0.5) is 11.4 Å². The van der Waals surface area contributed by atoms with Crippen molar-refractivity contribution in [3.05, 3.63) is 83.6 Å². The standard InChI is InChI=1S/C33H44N2O4/c1-26-16-9-11-20-30(26)34(24-13-5-7-22-32(36)37)28(3)18-15-19-29(4)35(25-14-6-8-23-33(38)39)31-21-12-10-17-27(31)2/h9-12,15-21H,5-8,13-14,22-25H2,1-4H3,(H-,36,37,38,39)/p+1. The van der Waals surface area contributed by atoms with Gasteiger partial charge in [0.2, 0.25) is 5.69 Å². The summed E-state index contributed by atoms with van der Waals surface area (Å²) < 4.78 is 2.32. The summed E-state index contributed by atoms with van der Waals surface area (Å²) in [7, 11) is 0. The molecule has 0 aliphatic carbocycles. The van der Waals surface area contributed by atoms with E-state index in [0.29, 0.717) is 12.8 Å². The molecule has 0 radical (unpaired) electrons. The molecule has 0 heterocycles. The van der Waals surface area contributed by atoms with E-state index < -0.39 is 11.9 Å². The molecule has 0 saturated carbocycles. The second kappa shape index (κ2) is 17.0. The fourth-order valence-corrected chi connectivity index (χ4v) is 4.66. The molecule has 2 N–H and O–H groups in total. The molecule has 6 heteroatoms. The lowest BCUT2D eigenvalue weighted by Gasteiger charge is -2.27. The molecular weight excluding hydrogens is 488 g/mol. The maximum atomic E-state index is 10.9. The SMILES string of the molecule is CC(/C=C/C=C(\C)N(CCCCCC(=O)O)c1ccccc1C)=[N+](CCCCCC(=O)O)c1ccccc1C. The maximum Gasteiger partial charge on any atom is 0.303 e. The molecule has 0 atom stereocenters. The van der Waals surface area contributed by atoms with Crippen LogP contribution in [-0.4, -0.2) is 45.5 Å². The summed E-state index contributed by atoms with van der Waals surface area (Å²) in [5.41, 5.74) is 7.00. The summed E-state index contributed by atoms with van der Waals surface area (Å²) in [4.78, 5) is 24.0. The van der Waals surface area contributed by atoms with Crippen LogP contribution in [0.15, 0.2) is 72.5 Å². The molecule has 2 aromatic carbocycles. The molecule has 0 amide bonds.